The van der Waals surface area contributed by atoms with E-state index < -0.39 is 301 Å². The Hall–Kier alpha value is -4.91. The summed E-state index contributed by atoms with van der Waals surface area (Å²) >= 11 is 0. The molecule has 0 saturated carbocycles. The van der Waals surface area contributed by atoms with Gasteiger partial charge >= 0.3 is 17.9 Å². The van der Waals surface area contributed by atoms with Gasteiger partial charge < -0.3 is 186 Å². The van der Waals surface area contributed by atoms with Gasteiger partial charge in [-0.3, -0.25) is 19.2 Å². The van der Waals surface area contributed by atoms with Crippen molar-refractivity contribution in [3.63, 3.8) is 0 Å². The number of aliphatic carboxylic acids is 3. The summed E-state index contributed by atoms with van der Waals surface area (Å²) < 4.78 is 62.0. The molecule has 0 aliphatic carbocycles. The van der Waals surface area contributed by atoms with Gasteiger partial charge in [0.2, 0.25) is 23.6 Å². The number of hydrogen-bond donors (Lipinski definition) is 26. The van der Waals surface area contributed by atoms with Gasteiger partial charge in [0.05, 0.1) is 76.1 Å². The fourth-order valence-corrected chi connectivity index (χ4v) is 12.1. The molecule has 0 radical (unpaired) electrons. The molecule has 4 amide bonds. The highest BCUT2D eigenvalue weighted by molar-refractivity contribution is 5.78. The number of nitrogens with one attached hydrogen (secondary N) is 4. The summed E-state index contributed by atoms with van der Waals surface area (Å²) in [5.41, 5.74) is 0. The van der Waals surface area contributed by atoms with Crippen LogP contribution >= 0.6 is 0 Å². The molecule has 6 aliphatic heterocycles. The minimum atomic E-state index is -3.56. The monoisotopic (exact) mass is 1420 g/mol. The maximum absolute atomic E-state index is 13.6. The molecule has 97 heavy (non-hydrogen) atoms. The van der Waals surface area contributed by atoms with Gasteiger partial charge in [-0.25, -0.2) is 14.4 Å². The molecule has 0 spiro atoms. The lowest BCUT2D eigenvalue weighted by Gasteiger charge is -2.51. The van der Waals surface area contributed by atoms with Gasteiger partial charge in [0.25, 0.3) is 17.4 Å². The molecular weight excluding hydrogens is 1330 g/mol. The van der Waals surface area contributed by atoms with Gasteiger partial charge in [-0.05, 0) is 0 Å². The van der Waals surface area contributed by atoms with Gasteiger partial charge in [0.1, 0.15) is 128 Å². The Bertz CT molecular complexity index is 2680. The van der Waals surface area contributed by atoms with E-state index in [2.05, 4.69) is 21.3 Å². The Morgan fingerprint density at radius 3 is 1.19 bits per heavy atom. The summed E-state index contributed by atoms with van der Waals surface area (Å²) in [6, 6.07) is -7.74. The number of aliphatic hydroxyl groups is 19. The molecule has 26 N–H and O–H groups in total. The second-order valence-corrected chi connectivity index (χ2v) is 24.0. The first-order chi connectivity index (χ1) is 45.3. The Kier molecular flexibility index (Phi) is 28.2. The van der Waals surface area contributed by atoms with Crippen molar-refractivity contribution < 1.29 is 198 Å². The lowest BCUT2D eigenvalue weighted by atomic mass is 9.86. The largest absolute Gasteiger partial charge is 0.477 e. The molecule has 0 aromatic carbocycles. The highest BCUT2D eigenvalue weighted by Crippen LogP contribution is 2.42. The number of amides is 4. The molecule has 6 aliphatic rings. The number of ether oxygens (including phenoxy) is 11. The van der Waals surface area contributed by atoms with Crippen LogP contribution in [0, 0.1) is 0 Å². The minimum Gasteiger partial charge on any atom is -0.477 e. The first-order valence-electron chi connectivity index (χ1n) is 30.0. The number of aliphatic hydroxyl groups excluding tert-OH is 19. The van der Waals surface area contributed by atoms with Crippen molar-refractivity contribution in [3.05, 3.63) is 0 Å². The summed E-state index contributed by atoms with van der Waals surface area (Å²) in [5, 5.41) is 249. The van der Waals surface area contributed by atoms with Crippen LogP contribution in [0.2, 0.25) is 0 Å². The molecule has 0 bridgehead atoms. The molecular formula is C53H86N4O40. The fourth-order valence-electron chi connectivity index (χ4n) is 12.1. The number of hydrogen-bond acceptors (Lipinski definition) is 37. The smallest absolute Gasteiger partial charge is 0.364 e. The van der Waals surface area contributed by atoms with Crippen LogP contribution < -0.4 is 21.3 Å². The summed E-state index contributed by atoms with van der Waals surface area (Å²) in [7, 11) is 0. The normalized spacial score (nSPS) is 42.1. The first-order valence-corrected chi connectivity index (χ1v) is 30.0. The second-order valence-electron chi connectivity index (χ2n) is 24.0. The molecule has 44 nitrogen and oxygen atoms in total. The third-order valence-corrected chi connectivity index (χ3v) is 17.0. The number of carboxylic acid groups (broad SMARTS) is 3. The van der Waals surface area contributed by atoms with Crippen molar-refractivity contribution in [2.45, 2.75) is 248 Å². The molecule has 0 unspecified atom stereocenters. The van der Waals surface area contributed by atoms with Gasteiger partial charge in [-0.1, -0.05) is 0 Å². The van der Waals surface area contributed by atoms with E-state index in [-0.39, 0.29) is 0 Å². The third-order valence-electron chi connectivity index (χ3n) is 17.0. The average molecular weight is 1420 g/mol. The molecule has 6 rings (SSSR count). The van der Waals surface area contributed by atoms with Crippen LogP contribution in [-0.4, -0.2) is 394 Å². The van der Waals surface area contributed by atoms with Crippen LogP contribution in [0.4, 0.5) is 0 Å². The average Bonchev–Trinajstić information content (AvgIpc) is 0.764. The van der Waals surface area contributed by atoms with E-state index in [1.807, 2.05) is 0 Å². The molecule has 6 heterocycles. The first kappa shape index (κ1) is 81.1. The van der Waals surface area contributed by atoms with Crippen LogP contribution in [0.1, 0.15) is 47.0 Å². The van der Waals surface area contributed by atoms with Crippen molar-refractivity contribution in [2.24, 2.45) is 0 Å². The van der Waals surface area contributed by atoms with Crippen LogP contribution in [0.15, 0.2) is 0 Å². The van der Waals surface area contributed by atoms with Crippen LogP contribution in [-0.2, 0) is 85.7 Å². The molecule has 6 fully saturated rings. The summed E-state index contributed by atoms with van der Waals surface area (Å²) in [4.78, 5) is 90.0. The Labute approximate surface area is 547 Å². The summed E-state index contributed by atoms with van der Waals surface area (Å²) in [6.45, 7) is -4.19. The van der Waals surface area contributed by atoms with Crippen LogP contribution in [0.3, 0.4) is 0 Å². The SMILES string of the molecule is CC(=O)N[C@@H]1[C@@H](O[C@@H]2O[C@H](CO)[C@H](O)[C@H](O[C@@H]3O[C@H](CO)[C@H](O)[C@H](O)[C@H]3O)[C@H]2O)[C@@H](O)[C@@H](CO[C@]2(C(=O)O)C[C@H](O)[C@@H](NC(C)=O)[C@H]([C@@H](O)[C@@H](CO)O[C@]3(C(=O)O)C[C@H](O)[C@@H](NC(C)=O)[C@H]([C@H](O)[C@@H](CO)O[C@]4(C(=O)O)C[C@H](O)[C@@H](NC(C)=O)[C@H]([C@H](O)[C@H](O)CO)O4)O3)O2)O[C@@H]1O. The van der Waals surface area contributed by atoms with Gasteiger partial charge in [-0.15, -0.1) is 0 Å². The van der Waals surface area contributed by atoms with Crippen molar-refractivity contribution >= 4 is 41.5 Å². The Morgan fingerprint density at radius 2 is 0.794 bits per heavy atom. The fraction of sp³-hybridized carbons (Fsp3) is 0.868. The number of carbonyl (C=O) groups excluding carboxylic acids is 4. The zero-order chi connectivity index (χ0) is 72.8. The molecule has 558 valence electrons. The number of rotatable bonds is 29. The number of carboxylic acids is 3. The standard InChI is InChI=1S/C53H86N4O40/c1-14(63)54-27-19(68)6-52(49(83)84,96-41(27)31(71)21(70)8-58)93-25(12-62)35(75)43-29(56-16(3)65)20(69)7-53(97-43,50(85)86)94-24(11-61)34(74)42-28(55-15(2)64)18(67)5-51(95-42,48(81)82)87-13-26-36(76)40(30(45(80)88-26)57-17(4)66)91-47-39(79)44(33(73)23(10-60)90-47)92-46-38(78)37(77)32(72)22(9-59)89-46/h18-47,58-62,67-80H,5-13H2,1-4H3,(H,54,63)(H,55,64)(H,56,65)(H,57,66)(H,81,82)(H,83,84)(H,85,86)/t18-,19-,20-,21+,22+,23+,24+,25+,26+,27+,28+,29+,30+,31+,32-,33-,34-,35+,36-,37-,38+,39+,40+,41+,42+,43+,44-,45-,46-,47-,51+,52+,53+/m0/s1. The number of carbonyl (C=O) groups is 7. The lowest BCUT2D eigenvalue weighted by molar-refractivity contribution is -0.375. The maximum Gasteiger partial charge on any atom is 0.364 e. The highest BCUT2D eigenvalue weighted by atomic mass is 16.8. The van der Waals surface area contributed by atoms with E-state index in [0.717, 1.165) is 27.7 Å². The van der Waals surface area contributed by atoms with E-state index in [0.29, 0.717) is 0 Å². The predicted molar refractivity (Wildman–Crippen MR) is 297 cm³/mol. The Balaban J connectivity index is 1.29. The van der Waals surface area contributed by atoms with Crippen molar-refractivity contribution in [1.82, 2.24) is 21.3 Å². The molecule has 44 heteroatoms. The van der Waals surface area contributed by atoms with Gasteiger partial charge in [0.15, 0.2) is 18.9 Å². The summed E-state index contributed by atoms with van der Waals surface area (Å²) in [6.07, 6.45) is -61.9. The summed E-state index contributed by atoms with van der Waals surface area (Å²) in [5.74, 6) is -20.9. The third kappa shape index (κ3) is 17.9. The van der Waals surface area contributed by atoms with Gasteiger partial charge in [0, 0.05) is 47.0 Å². The maximum atomic E-state index is 13.6. The molecule has 33 atom stereocenters. The van der Waals surface area contributed by atoms with Crippen LogP contribution in [0.5, 0.6) is 0 Å². The van der Waals surface area contributed by atoms with Crippen molar-refractivity contribution in [2.75, 3.05) is 39.6 Å². The van der Waals surface area contributed by atoms with E-state index in [9.17, 15) is 146 Å². The van der Waals surface area contributed by atoms with Crippen molar-refractivity contribution in [3.8, 4) is 0 Å². The molecule has 0 aromatic heterocycles. The predicted octanol–water partition coefficient (Wildman–Crippen LogP) is -15.9. The van der Waals surface area contributed by atoms with E-state index in [1.165, 1.54) is 0 Å². The quantitative estimate of drug-likeness (QED) is 0.0331. The lowest BCUT2D eigenvalue weighted by Crippen LogP contribution is -2.71. The van der Waals surface area contributed by atoms with Gasteiger partial charge in [-0.2, -0.15) is 0 Å². The van der Waals surface area contributed by atoms with Crippen LogP contribution in [0.25, 0.3) is 0 Å². The zero-order valence-electron chi connectivity index (χ0n) is 51.9. The zero-order valence-corrected chi connectivity index (χ0v) is 51.9. The second kappa shape index (κ2) is 33.7. The van der Waals surface area contributed by atoms with Crippen molar-refractivity contribution in [1.29, 1.82) is 0 Å². The minimum absolute atomic E-state index is 0.847. The van der Waals surface area contributed by atoms with E-state index in [4.69, 9.17) is 52.1 Å². The van der Waals surface area contributed by atoms with E-state index >= 15 is 0 Å². The topological polar surface area (TPSA) is 714 Å². The highest BCUT2D eigenvalue weighted by Gasteiger charge is 2.64. The Morgan fingerprint density at radius 1 is 0.433 bits per heavy atom. The van der Waals surface area contributed by atoms with E-state index in [1.54, 1.807) is 0 Å². The molecule has 0 aromatic rings. The molecule has 6 saturated heterocycles.